The number of ether oxygens (including phenoxy) is 3. The van der Waals surface area contributed by atoms with E-state index in [1.807, 2.05) is 0 Å². The number of benzene rings is 2. The first-order chi connectivity index (χ1) is 11.6. The number of rotatable bonds is 5. The summed E-state index contributed by atoms with van der Waals surface area (Å²) >= 11 is 0. The number of nitro benzene ring substituents is 1. The molecule has 0 amide bonds. The van der Waals surface area contributed by atoms with Crippen molar-refractivity contribution in [2.24, 2.45) is 0 Å². The molecule has 122 valence electrons. The predicted molar refractivity (Wildman–Crippen MR) is 88.0 cm³/mol. The highest BCUT2D eigenvalue weighted by Gasteiger charge is 2.18. The fourth-order valence-electron chi connectivity index (χ4n) is 2.30. The predicted octanol–water partition coefficient (Wildman–Crippen LogP) is 3.95. The van der Waals surface area contributed by atoms with E-state index in [-0.39, 0.29) is 11.2 Å². The largest absolute Gasteiger partial charge is 0.497 e. The molecule has 24 heavy (non-hydrogen) atoms. The Balaban J connectivity index is 2.10. The minimum absolute atomic E-state index is 0.135. The third-order valence-electron chi connectivity index (χ3n) is 3.48. The molecule has 0 aliphatic rings. The Morgan fingerprint density at radius 3 is 2.25 bits per heavy atom. The standard InChI is InChI=1S/C17H14N2O5/c1-22-11-3-5-12(6-4-11)24-16-7-8-18-17-14(16)9-13(23-2)10-15(17)19(20)21/h3-10H,1-2H3. The van der Waals surface area contributed by atoms with E-state index in [0.29, 0.717) is 28.4 Å². The van der Waals surface area contributed by atoms with Gasteiger partial charge in [0.2, 0.25) is 0 Å². The average Bonchev–Trinajstić information content (AvgIpc) is 2.61. The van der Waals surface area contributed by atoms with Gasteiger partial charge in [0.05, 0.1) is 30.6 Å². The highest BCUT2D eigenvalue weighted by molar-refractivity contribution is 5.93. The second-order valence-electron chi connectivity index (χ2n) is 4.89. The van der Waals surface area contributed by atoms with Crippen molar-refractivity contribution >= 4 is 16.6 Å². The summed E-state index contributed by atoms with van der Waals surface area (Å²) in [5.41, 5.74) is 0.108. The molecule has 0 unspecified atom stereocenters. The van der Waals surface area contributed by atoms with E-state index in [1.165, 1.54) is 19.4 Å². The van der Waals surface area contributed by atoms with Crippen LogP contribution in [-0.2, 0) is 0 Å². The second kappa shape index (κ2) is 6.41. The summed E-state index contributed by atoms with van der Waals surface area (Å²) in [5, 5.41) is 11.8. The summed E-state index contributed by atoms with van der Waals surface area (Å²) in [6.45, 7) is 0. The summed E-state index contributed by atoms with van der Waals surface area (Å²) in [5.74, 6) is 2.10. The number of pyridine rings is 1. The molecule has 0 saturated heterocycles. The third kappa shape index (κ3) is 2.91. The van der Waals surface area contributed by atoms with Crippen molar-refractivity contribution in [1.29, 1.82) is 0 Å². The Morgan fingerprint density at radius 1 is 0.958 bits per heavy atom. The first-order valence-electron chi connectivity index (χ1n) is 7.05. The van der Waals surface area contributed by atoms with Crippen LogP contribution < -0.4 is 14.2 Å². The molecule has 0 saturated carbocycles. The monoisotopic (exact) mass is 326 g/mol. The molecule has 0 aliphatic carbocycles. The second-order valence-corrected chi connectivity index (χ2v) is 4.89. The van der Waals surface area contributed by atoms with Crippen molar-refractivity contribution in [2.45, 2.75) is 0 Å². The van der Waals surface area contributed by atoms with Gasteiger partial charge in [-0.3, -0.25) is 10.1 Å². The van der Waals surface area contributed by atoms with Gasteiger partial charge < -0.3 is 14.2 Å². The Hall–Kier alpha value is -3.35. The topological polar surface area (TPSA) is 83.7 Å². The van der Waals surface area contributed by atoms with E-state index in [1.54, 1.807) is 43.5 Å². The van der Waals surface area contributed by atoms with Crippen LogP contribution >= 0.6 is 0 Å². The minimum Gasteiger partial charge on any atom is -0.497 e. The summed E-state index contributed by atoms with van der Waals surface area (Å²) in [7, 11) is 3.03. The van der Waals surface area contributed by atoms with Crippen molar-refractivity contribution in [3.63, 3.8) is 0 Å². The molecule has 0 N–H and O–H groups in total. The number of nitrogens with zero attached hydrogens (tertiary/aromatic N) is 2. The molecule has 7 heteroatoms. The number of hydrogen-bond acceptors (Lipinski definition) is 6. The zero-order valence-corrected chi connectivity index (χ0v) is 13.1. The van der Waals surface area contributed by atoms with Gasteiger partial charge in [0.25, 0.3) is 5.69 Å². The minimum atomic E-state index is -0.491. The Labute approximate surface area is 137 Å². The van der Waals surface area contributed by atoms with E-state index in [9.17, 15) is 10.1 Å². The summed E-state index contributed by atoms with van der Waals surface area (Å²) < 4.78 is 16.1. The third-order valence-corrected chi connectivity index (χ3v) is 3.48. The SMILES string of the molecule is COc1ccc(Oc2ccnc3c([N+](=O)[O-])cc(OC)cc23)cc1. The fourth-order valence-corrected chi connectivity index (χ4v) is 2.30. The van der Waals surface area contributed by atoms with Crippen molar-refractivity contribution in [1.82, 2.24) is 4.98 Å². The zero-order chi connectivity index (χ0) is 17.1. The molecule has 0 aliphatic heterocycles. The maximum atomic E-state index is 11.3. The van der Waals surface area contributed by atoms with Gasteiger partial charge in [0, 0.05) is 6.20 Å². The molecule has 7 nitrogen and oxygen atoms in total. The molecule has 3 rings (SSSR count). The summed E-state index contributed by atoms with van der Waals surface area (Å²) in [6.07, 6.45) is 1.47. The Bertz CT molecular complexity index is 893. The van der Waals surface area contributed by atoms with Crippen LogP contribution in [0.2, 0.25) is 0 Å². The Kier molecular flexibility index (Phi) is 4.15. The van der Waals surface area contributed by atoms with Crippen LogP contribution in [0.1, 0.15) is 0 Å². The smallest absolute Gasteiger partial charge is 0.299 e. The van der Waals surface area contributed by atoms with Crippen LogP contribution in [0.15, 0.2) is 48.7 Å². The van der Waals surface area contributed by atoms with Crippen LogP contribution in [0.4, 0.5) is 5.69 Å². The lowest BCUT2D eigenvalue weighted by Crippen LogP contribution is -1.95. The number of methoxy groups -OCH3 is 2. The number of non-ortho nitro benzene ring substituents is 1. The molecule has 1 heterocycles. The van der Waals surface area contributed by atoms with E-state index in [2.05, 4.69) is 4.98 Å². The lowest BCUT2D eigenvalue weighted by molar-refractivity contribution is -0.383. The molecule has 0 radical (unpaired) electrons. The fraction of sp³-hybridized carbons (Fsp3) is 0.118. The average molecular weight is 326 g/mol. The van der Waals surface area contributed by atoms with Gasteiger partial charge >= 0.3 is 0 Å². The summed E-state index contributed by atoms with van der Waals surface area (Å²) in [4.78, 5) is 14.9. The van der Waals surface area contributed by atoms with Gasteiger partial charge in [-0.2, -0.15) is 0 Å². The van der Waals surface area contributed by atoms with Crippen LogP contribution in [0, 0.1) is 10.1 Å². The molecule has 1 aromatic heterocycles. The number of fused-ring (bicyclic) bond motifs is 1. The zero-order valence-electron chi connectivity index (χ0n) is 13.1. The first-order valence-corrected chi connectivity index (χ1v) is 7.05. The van der Waals surface area contributed by atoms with Gasteiger partial charge in [0.15, 0.2) is 5.52 Å². The van der Waals surface area contributed by atoms with E-state index < -0.39 is 4.92 Å². The van der Waals surface area contributed by atoms with Crippen molar-refractivity contribution in [3.05, 3.63) is 58.8 Å². The van der Waals surface area contributed by atoms with Crippen molar-refractivity contribution < 1.29 is 19.1 Å². The number of hydrogen-bond donors (Lipinski definition) is 0. The van der Waals surface area contributed by atoms with Gasteiger partial charge in [-0.05, 0) is 36.4 Å². The van der Waals surface area contributed by atoms with Gasteiger partial charge in [-0.15, -0.1) is 0 Å². The number of aromatic nitrogens is 1. The van der Waals surface area contributed by atoms with Crippen LogP contribution in [0.5, 0.6) is 23.0 Å². The molecule has 0 fully saturated rings. The van der Waals surface area contributed by atoms with E-state index >= 15 is 0 Å². The molecule has 0 atom stereocenters. The molecule has 0 bridgehead atoms. The lowest BCUT2D eigenvalue weighted by Gasteiger charge is -2.10. The lowest BCUT2D eigenvalue weighted by atomic mass is 10.1. The first kappa shape index (κ1) is 15.5. The molecule has 2 aromatic carbocycles. The van der Waals surface area contributed by atoms with Gasteiger partial charge in [-0.1, -0.05) is 0 Å². The Morgan fingerprint density at radius 2 is 1.62 bits per heavy atom. The van der Waals surface area contributed by atoms with Gasteiger partial charge in [-0.25, -0.2) is 4.98 Å². The van der Waals surface area contributed by atoms with Crippen LogP contribution in [0.3, 0.4) is 0 Å². The molecule has 3 aromatic rings. The van der Waals surface area contributed by atoms with Crippen LogP contribution in [-0.4, -0.2) is 24.1 Å². The molecular weight excluding hydrogens is 312 g/mol. The van der Waals surface area contributed by atoms with Crippen molar-refractivity contribution in [3.8, 4) is 23.0 Å². The summed E-state index contributed by atoms with van der Waals surface area (Å²) in [6, 6.07) is 11.7. The van der Waals surface area contributed by atoms with E-state index in [4.69, 9.17) is 14.2 Å². The molecule has 0 spiro atoms. The van der Waals surface area contributed by atoms with E-state index in [0.717, 1.165) is 0 Å². The number of nitro groups is 1. The highest BCUT2D eigenvalue weighted by Crippen LogP contribution is 2.36. The van der Waals surface area contributed by atoms with Gasteiger partial charge in [0.1, 0.15) is 23.0 Å². The highest BCUT2D eigenvalue weighted by atomic mass is 16.6. The maximum Gasteiger partial charge on any atom is 0.299 e. The molecular formula is C17H14N2O5. The normalized spacial score (nSPS) is 10.4. The van der Waals surface area contributed by atoms with Crippen LogP contribution in [0.25, 0.3) is 10.9 Å². The quantitative estimate of drug-likeness (QED) is 0.521. The maximum absolute atomic E-state index is 11.3. The van der Waals surface area contributed by atoms with Crippen molar-refractivity contribution in [2.75, 3.05) is 14.2 Å².